The van der Waals surface area contributed by atoms with Crippen LogP contribution in [0.2, 0.25) is 0 Å². The van der Waals surface area contributed by atoms with Crippen LogP contribution < -0.4 is 9.62 Å². The molecule has 0 saturated carbocycles. The number of sulfonamides is 1. The summed E-state index contributed by atoms with van der Waals surface area (Å²) in [6.07, 6.45) is 3.54. The molecule has 1 amide bonds. The molecule has 0 radical (unpaired) electrons. The highest BCUT2D eigenvalue weighted by Crippen LogP contribution is 2.15. The summed E-state index contributed by atoms with van der Waals surface area (Å²) in [6, 6.07) is 17.9. The van der Waals surface area contributed by atoms with Crippen molar-refractivity contribution in [1.29, 1.82) is 0 Å². The first kappa shape index (κ1) is 22.4. The van der Waals surface area contributed by atoms with E-state index in [0.29, 0.717) is 24.6 Å². The number of benzene rings is 2. The van der Waals surface area contributed by atoms with E-state index < -0.39 is 15.9 Å². The average Bonchev–Trinajstić information content (AvgIpc) is 2.78. The molecule has 7 nitrogen and oxygen atoms in total. The Labute approximate surface area is 183 Å². The van der Waals surface area contributed by atoms with Crippen molar-refractivity contribution in [3.8, 4) is 0 Å². The molecule has 0 aliphatic heterocycles. The van der Waals surface area contributed by atoms with Gasteiger partial charge in [-0.3, -0.25) is 4.79 Å². The Morgan fingerprint density at radius 2 is 1.65 bits per heavy atom. The SMILES string of the molecule is CCCc1nc(N(C)CCc2ccccc2)ncc1C(=O)NS(=O)(=O)c1ccccc1. The highest BCUT2D eigenvalue weighted by Gasteiger charge is 2.22. The second-order valence-corrected chi connectivity index (χ2v) is 8.87. The Bertz CT molecular complexity index is 1120. The third kappa shape index (κ3) is 5.88. The van der Waals surface area contributed by atoms with Gasteiger partial charge >= 0.3 is 0 Å². The normalized spacial score (nSPS) is 11.2. The monoisotopic (exact) mass is 438 g/mol. The summed E-state index contributed by atoms with van der Waals surface area (Å²) in [5.74, 6) is -0.229. The van der Waals surface area contributed by atoms with Crippen LogP contribution in [0.15, 0.2) is 71.8 Å². The molecular weight excluding hydrogens is 412 g/mol. The van der Waals surface area contributed by atoms with Crippen LogP contribution in [-0.4, -0.2) is 37.9 Å². The lowest BCUT2D eigenvalue weighted by Crippen LogP contribution is -2.32. The van der Waals surface area contributed by atoms with E-state index in [1.54, 1.807) is 18.2 Å². The largest absolute Gasteiger partial charge is 0.344 e. The summed E-state index contributed by atoms with van der Waals surface area (Å²) in [7, 11) is -2.07. The van der Waals surface area contributed by atoms with Gasteiger partial charge in [0.2, 0.25) is 5.95 Å². The Kier molecular flexibility index (Phi) is 7.36. The van der Waals surface area contributed by atoms with Crippen LogP contribution >= 0.6 is 0 Å². The van der Waals surface area contributed by atoms with Gasteiger partial charge in [-0.15, -0.1) is 0 Å². The van der Waals surface area contributed by atoms with Gasteiger partial charge in [0, 0.05) is 19.8 Å². The summed E-state index contributed by atoms with van der Waals surface area (Å²) in [6.45, 7) is 2.69. The number of nitrogens with one attached hydrogen (secondary N) is 1. The number of rotatable bonds is 9. The zero-order valence-corrected chi connectivity index (χ0v) is 18.5. The lowest BCUT2D eigenvalue weighted by molar-refractivity contribution is 0.0979. The van der Waals surface area contributed by atoms with Gasteiger partial charge in [-0.05, 0) is 30.5 Å². The highest BCUT2D eigenvalue weighted by molar-refractivity contribution is 7.90. The maximum Gasteiger partial charge on any atom is 0.268 e. The van der Waals surface area contributed by atoms with Gasteiger partial charge in [-0.1, -0.05) is 61.9 Å². The van der Waals surface area contributed by atoms with Crippen LogP contribution in [0.1, 0.15) is 35.0 Å². The van der Waals surface area contributed by atoms with Crippen molar-refractivity contribution in [2.24, 2.45) is 0 Å². The van der Waals surface area contributed by atoms with Crippen LogP contribution in [0.3, 0.4) is 0 Å². The molecule has 0 unspecified atom stereocenters. The van der Waals surface area contributed by atoms with E-state index in [1.807, 2.05) is 37.1 Å². The number of aromatic nitrogens is 2. The fraction of sp³-hybridized carbons (Fsp3) is 0.261. The van der Waals surface area contributed by atoms with Crippen LogP contribution in [0, 0.1) is 0 Å². The molecule has 1 aromatic heterocycles. The second-order valence-electron chi connectivity index (χ2n) is 7.19. The Morgan fingerprint density at radius 3 is 2.29 bits per heavy atom. The van der Waals surface area contributed by atoms with Crippen molar-refractivity contribution in [1.82, 2.24) is 14.7 Å². The van der Waals surface area contributed by atoms with E-state index in [1.165, 1.54) is 23.9 Å². The quantitative estimate of drug-likeness (QED) is 0.551. The Hall–Kier alpha value is -3.26. The molecule has 0 aliphatic rings. The summed E-state index contributed by atoms with van der Waals surface area (Å²) in [4.78, 5) is 23.6. The first-order valence-corrected chi connectivity index (χ1v) is 11.6. The summed E-state index contributed by atoms with van der Waals surface area (Å²) in [5, 5.41) is 0. The number of nitrogens with zero attached hydrogens (tertiary/aromatic N) is 3. The molecule has 3 rings (SSSR count). The maximum atomic E-state index is 12.7. The third-order valence-electron chi connectivity index (χ3n) is 4.79. The highest BCUT2D eigenvalue weighted by atomic mass is 32.2. The van der Waals surface area contributed by atoms with Crippen molar-refractivity contribution in [2.45, 2.75) is 31.1 Å². The fourth-order valence-electron chi connectivity index (χ4n) is 3.08. The molecule has 0 saturated heterocycles. The van der Waals surface area contributed by atoms with E-state index in [4.69, 9.17) is 0 Å². The predicted molar refractivity (Wildman–Crippen MR) is 121 cm³/mol. The third-order valence-corrected chi connectivity index (χ3v) is 6.13. The van der Waals surface area contributed by atoms with Gasteiger partial charge in [0.25, 0.3) is 15.9 Å². The number of carbonyl (C=O) groups excluding carboxylic acids is 1. The molecule has 0 atom stereocenters. The average molecular weight is 439 g/mol. The Balaban J connectivity index is 1.77. The lowest BCUT2D eigenvalue weighted by atomic mass is 10.1. The van der Waals surface area contributed by atoms with Gasteiger partial charge < -0.3 is 4.90 Å². The molecule has 1 heterocycles. The van der Waals surface area contributed by atoms with Gasteiger partial charge in [0.1, 0.15) is 0 Å². The zero-order chi connectivity index (χ0) is 22.3. The molecule has 0 aliphatic carbocycles. The molecule has 31 heavy (non-hydrogen) atoms. The topological polar surface area (TPSA) is 92.3 Å². The molecule has 2 aromatic carbocycles. The predicted octanol–water partition coefficient (Wildman–Crippen LogP) is 3.23. The Morgan fingerprint density at radius 1 is 1.00 bits per heavy atom. The molecule has 162 valence electrons. The summed E-state index contributed by atoms with van der Waals surface area (Å²) < 4.78 is 27.1. The van der Waals surface area contributed by atoms with Crippen LogP contribution in [0.4, 0.5) is 5.95 Å². The van der Waals surface area contributed by atoms with Crippen molar-refractivity contribution in [2.75, 3.05) is 18.5 Å². The maximum absolute atomic E-state index is 12.7. The number of aryl methyl sites for hydroxylation is 1. The minimum atomic E-state index is -3.97. The first-order chi connectivity index (χ1) is 14.9. The van der Waals surface area contributed by atoms with E-state index in [2.05, 4.69) is 26.8 Å². The first-order valence-electron chi connectivity index (χ1n) is 10.1. The molecule has 0 bridgehead atoms. The minimum Gasteiger partial charge on any atom is -0.344 e. The van der Waals surface area contributed by atoms with E-state index in [-0.39, 0.29) is 10.5 Å². The molecule has 0 fully saturated rings. The van der Waals surface area contributed by atoms with Crippen LogP contribution in [0.5, 0.6) is 0 Å². The van der Waals surface area contributed by atoms with E-state index in [9.17, 15) is 13.2 Å². The number of anilines is 1. The van der Waals surface area contributed by atoms with Gasteiger partial charge in [0.05, 0.1) is 16.2 Å². The zero-order valence-electron chi connectivity index (χ0n) is 17.7. The molecule has 1 N–H and O–H groups in total. The number of amides is 1. The van der Waals surface area contributed by atoms with Crippen molar-refractivity contribution in [3.63, 3.8) is 0 Å². The molecular formula is C23H26N4O3S. The lowest BCUT2D eigenvalue weighted by Gasteiger charge is -2.19. The number of hydrogen-bond donors (Lipinski definition) is 1. The standard InChI is InChI=1S/C23H26N4O3S/c1-3-10-21-20(22(28)26-31(29,30)19-13-8-5-9-14-19)17-24-23(25-21)27(2)16-15-18-11-6-4-7-12-18/h4-9,11-14,17H,3,10,15-16H2,1-2H3,(H,26,28). The van der Waals surface area contributed by atoms with Gasteiger partial charge in [-0.2, -0.15) is 0 Å². The van der Waals surface area contributed by atoms with Crippen molar-refractivity contribution >= 4 is 21.9 Å². The van der Waals surface area contributed by atoms with Crippen LogP contribution in [-0.2, 0) is 22.9 Å². The van der Waals surface area contributed by atoms with Gasteiger partial charge in [0.15, 0.2) is 0 Å². The number of likely N-dealkylation sites (N-methyl/N-ethyl adjacent to an activating group) is 1. The molecule has 3 aromatic rings. The molecule has 8 heteroatoms. The van der Waals surface area contributed by atoms with Crippen LogP contribution in [0.25, 0.3) is 0 Å². The smallest absolute Gasteiger partial charge is 0.268 e. The number of hydrogen-bond acceptors (Lipinski definition) is 6. The van der Waals surface area contributed by atoms with E-state index >= 15 is 0 Å². The second kappa shape index (κ2) is 10.2. The summed E-state index contributed by atoms with van der Waals surface area (Å²) >= 11 is 0. The summed E-state index contributed by atoms with van der Waals surface area (Å²) in [5.41, 5.74) is 1.91. The van der Waals surface area contributed by atoms with Gasteiger partial charge in [-0.25, -0.2) is 23.1 Å². The van der Waals surface area contributed by atoms with Crippen molar-refractivity contribution in [3.05, 3.63) is 83.7 Å². The van der Waals surface area contributed by atoms with Crippen molar-refractivity contribution < 1.29 is 13.2 Å². The molecule has 0 spiro atoms. The minimum absolute atomic E-state index is 0.0265. The fourth-order valence-corrected chi connectivity index (χ4v) is 4.07. The number of carbonyl (C=O) groups is 1. The van der Waals surface area contributed by atoms with E-state index in [0.717, 1.165) is 12.8 Å².